The topological polar surface area (TPSA) is 88.1 Å². The lowest BCUT2D eigenvalue weighted by molar-refractivity contribution is -0.170. The van der Waals surface area contributed by atoms with Crippen LogP contribution in [0.5, 0.6) is 0 Å². The fourth-order valence-electron chi connectivity index (χ4n) is 1.87. The van der Waals surface area contributed by atoms with Crippen LogP contribution in [0.4, 0.5) is 0 Å². The fraction of sp³-hybridized carbons (Fsp3) is 0.750. The molecule has 1 aliphatic heterocycles. The van der Waals surface area contributed by atoms with Gasteiger partial charge in [-0.2, -0.15) is 0 Å². The van der Waals surface area contributed by atoms with Gasteiger partial charge in [0, 0.05) is 27.9 Å². The minimum Gasteiger partial charge on any atom is -0.465 e. The SMILES string of the molecule is COC1S[C@@H](COC(C)=O)[C@@H](OC(C)=O)[C@H]1OC(C)=O. The van der Waals surface area contributed by atoms with Gasteiger partial charge in [0.1, 0.15) is 12.0 Å². The maximum Gasteiger partial charge on any atom is 0.303 e. The third-order valence-electron chi connectivity index (χ3n) is 2.55. The van der Waals surface area contributed by atoms with Crippen LogP contribution >= 0.6 is 11.8 Å². The number of hydrogen-bond donors (Lipinski definition) is 0. The van der Waals surface area contributed by atoms with E-state index in [-0.39, 0.29) is 11.9 Å². The van der Waals surface area contributed by atoms with Gasteiger partial charge < -0.3 is 18.9 Å². The zero-order valence-electron chi connectivity index (χ0n) is 11.8. The van der Waals surface area contributed by atoms with Gasteiger partial charge in [0.15, 0.2) is 12.2 Å². The summed E-state index contributed by atoms with van der Waals surface area (Å²) >= 11 is 1.30. The average molecular weight is 306 g/mol. The first kappa shape index (κ1) is 16.8. The molecule has 0 aromatic rings. The van der Waals surface area contributed by atoms with Gasteiger partial charge in [-0.3, -0.25) is 14.4 Å². The second kappa shape index (κ2) is 7.49. The molecule has 0 spiro atoms. The standard InChI is InChI=1S/C12H18O7S/c1-6(13)17-5-9-10(18-7(2)14)11(19-8(3)15)12(16-4)20-9/h9-12H,5H2,1-4H3/t9-,10+,11+,12?/m0/s1. The van der Waals surface area contributed by atoms with E-state index in [2.05, 4.69) is 0 Å². The minimum atomic E-state index is -0.730. The molecule has 1 saturated heterocycles. The van der Waals surface area contributed by atoms with Crippen molar-refractivity contribution in [1.82, 2.24) is 0 Å². The molecule has 1 unspecified atom stereocenters. The summed E-state index contributed by atoms with van der Waals surface area (Å²) in [6.45, 7) is 3.87. The third kappa shape index (κ3) is 4.68. The van der Waals surface area contributed by atoms with Crippen LogP contribution < -0.4 is 0 Å². The average Bonchev–Trinajstić information content (AvgIpc) is 2.63. The Kier molecular flexibility index (Phi) is 6.28. The Bertz CT molecular complexity index is 384. The Balaban J connectivity index is 2.84. The maximum atomic E-state index is 11.2. The van der Waals surface area contributed by atoms with Crippen molar-refractivity contribution in [2.75, 3.05) is 13.7 Å². The summed E-state index contributed by atoms with van der Waals surface area (Å²) in [5.74, 6) is -1.43. The number of carbonyl (C=O) groups is 3. The zero-order chi connectivity index (χ0) is 15.3. The number of hydrogen-bond acceptors (Lipinski definition) is 8. The first-order valence-corrected chi connectivity index (χ1v) is 6.95. The van der Waals surface area contributed by atoms with E-state index in [1.54, 1.807) is 0 Å². The normalized spacial score (nSPS) is 28.8. The van der Waals surface area contributed by atoms with Crippen molar-refractivity contribution in [2.45, 2.75) is 43.7 Å². The Hall–Kier alpha value is -1.28. The number of ether oxygens (including phenoxy) is 4. The van der Waals surface area contributed by atoms with Crippen LogP contribution in [0.2, 0.25) is 0 Å². The van der Waals surface area contributed by atoms with Gasteiger partial charge in [-0.05, 0) is 0 Å². The molecule has 4 atom stereocenters. The number of thioether (sulfide) groups is 1. The van der Waals surface area contributed by atoms with Crippen LogP contribution in [-0.4, -0.2) is 54.5 Å². The van der Waals surface area contributed by atoms with Crippen LogP contribution in [0.25, 0.3) is 0 Å². The van der Waals surface area contributed by atoms with Gasteiger partial charge in [0.25, 0.3) is 0 Å². The molecule has 0 N–H and O–H groups in total. The third-order valence-corrected chi connectivity index (χ3v) is 4.04. The summed E-state index contributed by atoms with van der Waals surface area (Å²) in [6, 6.07) is 0. The molecule has 7 nitrogen and oxygen atoms in total. The van der Waals surface area contributed by atoms with Gasteiger partial charge in [0.05, 0.1) is 5.25 Å². The molecular formula is C12H18O7S. The quantitative estimate of drug-likeness (QED) is 0.536. The summed E-state index contributed by atoms with van der Waals surface area (Å²) in [5, 5.41) is -0.350. The van der Waals surface area contributed by atoms with Gasteiger partial charge in [-0.1, -0.05) is 0 Å². The van der Waals surface area contributed by atoms with Crippen molar-refractivity contribution in [1.29, 1.82) is 0 Å². The first-order valence-electron chi connectivity index (χ1n) is 6.01. The molecule has 1 heterocycles. The molecule has 0 bridgehead atoms. The Labute approximate surface area is 121 Å². The summed E-state index contributed by atoms with van der Waals surface area (Å²) < 4.78 is 20.5. The highest BCUT2D eigenvalue weighted by atomic mass is 32.2. The van der Waals surface area contributed by atoms with E-state index in [1.165, 1.54) is 39.6 Å². The number of esters is 3. The highest BCUT2D eigenvalue weighted by Crippen LogP contribution is 2.38. The predicted octanol–water partition coefficient (Wildman–Crippen LogP) is 0.501. The predicted molar refractivity (Wildman–Crippen MR) is 69.9 cm³/mol. The highest BCUT2D eigenvalue weighted by molar-refractivity contribution is 8.00. The molecule has 0 amide bonds. The molecule has 20 heavy (non-hydrogen) atoms. The fourth-order valence-corrected chi connectivity index (χ4v) is 3.20. The Morgan fingerprint density at radius 1 is 0.950 bits per heavy atom. The lowest BCUT2D eigenvalue weighted by Gasteiger charge is -2.24. The van der Waals surface area contributed by atoms with Crippen LogP contribution in [0.1, 0.15) is 20.8 Å². The number of rotatable bonds is 5. The molecule has 1 aliphatic rings. The van der Waals surface area contributed by atoms with Crippen LogP contribution in [-0.2, 0) is 33.3 Å². The Morgan fingerprint density at radius 2 is 1.50 bits per heavy atom. The van der Waals surface area contributed by atoms with E-state index in [1.807, 2.05) is 0 Å². The van der Waals surface area contributed by atoms with E-state index in [0.717, 1.165) is 0 Å². The molecule has 1 rings (SSSR count). The molecule has 1 fully saturated rings. The molecule has 0 radical (unpaired) electrons. The van der Waals surface area contributed by atoms with Gasteiger partial charge in [0.2, 0.25) is 0 Å². The Morgan fingerprint density at radius 3 is 1.95 bits per heavy atom. The van der Waals surface area contributed by atoms with E-state index >= 15 is 0 Å². The summed E-state index contributed by atoms with van der Waals surface area (Å²) in [5.41, 5.74) is -0.483. The van der Waals surface area contributed by atoms with Crippen LogP contribution in [0.15, 0.2) is 0 Å². The molecule has 0 aliphatic carbocycles. The molecule has 8 heteroatoms. The monoisotopic (exact) mass is 306 g/mol. The van der Waals surface area contributed by atoms with Crippen molar-refractivity contribution < 1.29 is 33.3 Å². The van der Waals surface area contributed by atoms with Gasteiger partial charge in [-0.25, -0.2) is 0 Å². The van der Waals surface area contributed by atoms with Crippen molar-refractivity contribution in [2.24, 2.45) is 0 Å². The first-order chi connectivity index (χ1) is 9.35. The lowest BCUT2D eigenvalue weighted by Crippen LogP contribution is -2.41. The molecular weight excluding hydrogens is 288 g/mol. The van der Waals surface area contributed by atoms with Crippen molar-refractivity contribution in [3.63, 3.8) is 0 Å². The van der Waals surface area contributed by atoms with Crippen LogP contribution in [0.3, 0.4) is 0 Å². The molecule has 0 aromatic carbocycles. The molecule has 0 saturated carbocycles. The molecule has 0 aromatic heterocycles. The number of carbonyl (C=O) groups excluding carboxylic acids is 3. The second-order valence-corrected chi connectivity index (χ2v) is 5.57. The van der Waals surface area contributed by atoms with Gasteiger partial charge in [-0.15, -0.1) is 11.8 Å². The summed E-state index contributed by atoms with van der Waals surface area (Å²) in [7, 11) is 1.47. The van der Waals surface area contributed by atoms with Gasteiger partial charge >= 0.3 is 17.9 Å². The van der Waals surface area contributed by atoms with E-state index in [4.69, 9.17) is 18.9 Å². The van der Waals surface area contributed by atoms with Crippen LogP contribution in [0, 0.1) is 0 Å². The van der Waals surface area contributed by atoms with Crippen molar-refractivity contribution in [3.05, 3.63) is 0 Å². The zero-order valence-corrected chi connectivity index (χ0v) is 12.6. The molecule has 114 valence electrons. The maximum absolute atomic E-state index is 11.2. The summed E-state index contributed by atoms with van der Waals surface area (Å²) in [6.07, 6.45) is -1.45. The van der Waals surface area contributed by atoms with E-state index in [0.29, 0.717) is 0 Å². The summed E-state index contributed by atoms with van der Waals surface area (Å²) in [4.78, 5) is 33.2. The highest BCUT2D eigenvalue weighted by Gasteiger charge is 2.49. The van der Waals surface area contributed by atoms with E-state index < -0.39 is 35.6 Å². The number of methoxy groups -OCH3 is 1. The lowest BCUT2D eigenvalue weighted by atomic mass is 10.1. The largest absolute Gasteiger partial charge is 0.465 e. The smallest absolute Gasteiger partial charge is 0.303 e. The van der Waals surface area contributed by atoms with E-state index in [9.17, 15) is 14.4 Å². The minimum absolute atomic E-state index is 0.0512. The second-order valence-electron chi connectivity index (χ2n) is 4.23. The van der Waals surface area contributed by atoms with Crippen molar-refractivity contribution >= 4 is 29.7 Å². The van der Waals surface area contributed by atoms with Crippen molar-refractivity contribution in [3.8, 4) is 0 Å².